The van der Waals surface area contributed by atoms with Gasteiger partial charge in [0.25, 0.3) is 0 Å². The van der Waals surface area contributed by atoms with Crippen LogP contribution in [-0.4, -0.2) is 40.7 Å². The van der Waals surface area contributed by atoms with Gasteiger partial charge >= 0.3 is 5.97 Å². The van der Waals surface area contributed by atoms with Crippen molar-refractivity contribution in [2.45, 2.75) is 43.8 Å². The predicted octanol–water partition coefficient (Wildman–Crippen LogP) is 3.97. The molecule has 0 amide bonds. The van der Waals surface area contributed by atoms with E-state index >= 15 is 0 Å². The number of carbonyl (C=O) groups excluding carboxylic acids is 1. The number of methoxy groups -OCH3 is 2. The van der Waals surface area contributed by atoms with Gasteiger partial charge in [0.2, 0.25) is 0 Å². The number of thioether (sulfide) groups is 1. The lowest BCUT2D eigenvalue weighted by molar-refractivity contribution is -0.137. The third-order valence-electron chi connectivity index (χ3n) is 4.96. The Bertz CT molecular complexity index is 745. The van der Waals surface area contributed by atoms with Gasteiger partial charge < -0.3 is 9.47 Å². The van der Waals surface area contributed by atoms with Crippen molar-refractivity contribution < 1.29 is 14.3 Å². The number of esters is 1. The van der Waals surface area contributed by atoms with Crippen LogP contribution in [0.4, 0.5) is 0 Å². The average molecular weight is 375 g/mol. The van der Waals surface area contributed by atoms with Gasteiger partial charge in [0.1, 0.15) is 5.75 Å². The highest BCUT2D eigenvalue weighted by molar-refractivity contribution is 7.99. The Morgan fingerprint density at radius 3 is 2.58 bits per heavy atom. The van der Waals surface area contributed by atoms with Gasteiger partial charge in [0, 0.05) is 11.6 Å². The molecule has 1 aliphatic carbocycles. The molecule has 1 fully saturated rings. The van der Waals surface area contributed by atoms with Crippen molar-refractivity contribution in [1.29, 1.82) is 0 Å². The summed E-state index contributed by atoms with van der Waals surface area (Å²) in [6.07, 6.45) is 4.78. The third-order valence-corrected chi connectivity index (χ3v) is 5.87. The van der Waals surface area contributed by atoms with E-state index in [0.29, 0.717) is 12.0 Å². The van der Waals surface area contributed by atoms with Crippen molar-refractivity contribution in [1.82, 2.24) is 14.8 Å². The summed E-state index contributed by atoms with van der Waals surface area (Å²) in [7, 11) is 3.06. The number of hydrogen-bond acceptors (Lipinski definition) is 6. The molecule has 0 N–H and O–H groups in total. The normalized spacial score (nSPS) is 20.0. The molecular formula is C19H25N3O3S. The summed E-state index contributed by atoms with van der Waals surface area (Å²) in [5.74, 6) is 2.18. The Morgan fingerprint density at radius 2 is 1.92 bits per heavy atom. The Morgan fingerprint density at radius 1 is 1.19 bits per heavy atom. The SMILES string of the molecule is COC(=O)CSc1nnc(-c2ccc(OC)cc2)n1[C@@H]1CCCC[C@@H]1C. The van der Waals surface area contributed by atoms with Gasteiger partial charge in [-0.1, -0.05) is 31.5 Å². The van der Waals surface area contributed by atoms with Crippen molar-refractivity contribution >= 4 is 17.7 Å². The molecule has 0 saturated heterocycles. The van der Waals surface area contributed by atoms with E-state index in [-0.39, 0.29) is 11.7 Å². The van der Waals surface area contributed by atoms with Gasteiger partial charge in [0.05, 0.1) is 20.0 Å². The number of aromatic nitrogens is 3. The first kappa shape index (κ1) is 18.8. The Labute approximate surface area is 158 Å². The number of benzene rings is 1. The van der Waals surface area contributed by atoms with Crippen LogP contribution in [0.5, 0.6) is 5.75 Å². The van der Waals surface area contributed by atoms with E-state index in [1.165, 1.54) is 38.1 Å². The molecule has 0 radical (unpaired) electrons. The minimum Gasteiger partial charge on any atom is -0.497 e. The van der Waals surface area contributed by atoms with Crippen molar-refractivity contribution in [3.05, 3.63) is 24.3 Å². The summed E-state index contributed by atoms with van der Waals surface area (Å²) in [4.78, 5) is 11.6. The van der Waals surface area contributed by atoms with Crippen LogP contribution >= 0.6 is 11.8 Å². The number of hydrogen-bond donors (Lipinski definition) is 0. The van der Waals surface area contributed by atoms with Gasteiger partial charge in [-0.25, -0.2) is 0 Å². The fraction of sp³-hybridized carbons (Fsp3) is 0.526. The molecule has 140 valence electrons. The average Bonchev–Trinajstić information content (AvgIpc) is 3.10. The largest absolute Gasteiger partial charge is 0.497 e. The van der Waals surface area contributed by atoms with Crippen LogP contribution in [-0.2, 0) is 9.53 Å². The smallest absolute Gasteiger partial charge is 0.316 e. The highest BCUT2D eigenvalue weighted by atomic mass is 32.2. The minimum atomic E-state index is -0.257. The minimum absolute atomic E-state index is 0.234. The lowest BCUT2D eigenvalue weighted by Gasteiger charge is -2.31. The maximum atomic E-state index is 11.6. The van der Waals surface area contributed by atoms with Gasteiger partial charge in [-0.15, -0.1) is 10.2 Å². The molecule has 1 aromatic heterocycles. The Kier molecular flexibility index (Phi) is 6.19. The zero-order chi connectivity index (χ0) is 18.5. The van der Waals surface area contributed by atoms with Crippen LogP contribution in [0, 0.1) is 5.92 Å². The first-order valence-electron chi connectivity index (χ1n) is 8.93. The first-order valence-corrected chi connectivity index (χ1v) is 9.91. The molecule has 0 aliphatic heterocycles. The topological polar surface area (TPSA) is 66.2 Å². The van der Waals surface area contributed by atoms with Crippen LogP contribution in [0.2, 0.25) is 0 Å². The molecule has 0 unspecified atom stereocenters. The standard InChI is InChI=1S/C19H25N3O3S/c1-13-6-4-5-7-16(13)22-18(14-8-10-15(24-2)11-9-14)20-21-19(22)26-12-17(23)25-3/h8-11,13,16H,4-7,12H2,1-3H3/t13-,16+/m0/s1. The number of rotatable bonds is 6. The molecule has 1 heterocycles. The van der Waals surface area contributed by atoms with Gasteiger partial charge in [0.15, 0.2) is 11.0 Å². The molecule has 0 spiro atoms. The highest BCUT2D eigenvalue weighted by Crippen LogP contribution is 2.39. The molecule has 1 aromatic carbocycles. The highest BCUT2D eigenvalue weighted by Gasteiger charge is 2.28. The van der Waals surface area contributed by atoms with Crippen molar-refractivity contribution in [2.24, 2.45) is 5.92 Å². The van der Waals surface area contributed by atoms with Gasteiger partial charge in [-0.3, -0.25) is 9.36 Å². The second-order valence-corrected chi connectivity index (χ2v) is 7.54. The number of nitrogens with zero attached hydrogens (tertiary/aromatic N) is 3. The van der Waals surface area contributed by atoms with E-state index in [0.717, 1.165) is 28.7 Å². The molecule has 2 aromatic rings. The molecule has 7 heteroatoms. The monoisotopic (exact) mass is 375 g/mol. The maximum absolute atomic E-state index is 11.6. The van der Waals surface area contributed by atoms with E-state index in [2.05, 4.69) is 21.7 Å². The fourth-order valence-electron chi connectivity index (χ4n) is 3.47. The third kappa shape index (κ3) is 4.03. The zero-order valence-corrected chi connectivity index (χ0v) is 16.3. The molecule has 0 bridgehead atoms. The fourth-order valence-corrected chi connectivity index (χ4v) is 4.30. The molecule has 3 rings (SSSR count). The molecule has 2 atom stereocenters. The van der Waals surface area contributed by atoms with Crippen LogP contribution in [0.15, 0.2) is 29.4 Å². The van der Waals surface area contributed by atoms with Crippen molar-refractivity contribution in [3.8, 4) is 17.1 Å². The molecule has 1 aliphatic rings. The van der Waals surface area contributed by atoms with Crippen LogP contribution in [0.1, 0.15) is 38.6 Å². The Hall–Kier alpha value is -2.02. The van der Waals surface area contributed by atoms with E-state index in [1.807, 2.05) is 24.3 Å². The summed E-state index contributed by atoms with van der Waals surface area (Å²) in [6.45, 7) is 2.29. The first-order chi connectivity index (χ1) is 12.6. The van der Waals surface area contributed by atoms with Crippen molar-refractivity contribution in [3.63, 3.8) is 0 Å². The summed E-state index contributed by atoms with van der Waals surface area (Å²) in [5, 5.41) is 9.62. The summed E-state index contributed by atoms with van der Waals surface area (Å²) in [5.41, 5.74) is 1.00. The maximum Gasteiger partial charge on any atom is 0.316 e. The molecule has 6 nitrogen and oxygen atoms in total. The quantitative estimate of drug-likeness (QED) is 0.562. The van der Waals surface area contributed by atoms with Crippen LogP contribution < -0.4 is 4.74 Å². The van der Waals surface area contributed by atoms with Gasteiger partial charge in [-0.2, -0.15) is 0 Å². The molecular weight excluding hydrogens is 350 g/mol. The lowest BCUT2D eigenvalue weighted by Crippen LogP contribution is -2.22. The van der Waals surface area contributed by atoms with Crippen molar-refractivity contribution in [2.75, 3.05) is 20.0 Å². The van der Waals surface area contributed by atoms with E-state index in [4.69, 9.17) is 9.47 Å². The van der Waals surface area contributed by atoms with Gasteiger partial charge in [-0.05, 0) is 43.0 Å². The summed E-state index contributed by atoms with van der Waals surface area (Å²) < 4.78 is 12.2. The predicted molar refractivity (Wildman–Crippen MR) is 101 cm³/mol. The van der Waals surface area contributed by atoms with E-state index in [1.54, 1.807) is 7.11 Å². The zero-order valence-electron chi connectivity index (χ0n) is 15.5. The number of ether oxygens (including phenoxy) is 2. The molecule has 1 saturated carbocycles. The summed E-state index contributed by atoms with van der Waals surface area (Å²) >= 11 is 1.39. The van der Waals surface area contributed by atoms with E-state index < -0.39 is 0 Å². The van der Waals surface area contributed by atoms with E-state index in [9.17, 15) is 4.79 Å². The second-order valence-electron chi connectivity index (χ2n) is 6.60. The second kappa shape index (κ2) is 8.58. The van der Waals surface area contributed by atoms with Crippen LogP contribution in [0.25, 0.3) is 11.4 Å². The van der Waals surface area contributed by atoms with Crippen LogP contribution in [0.3, 0.4) is 0 Å². The molecule has 26 heavy (non-hydrogen) atoms. The summed E-state index contributed by atoms with van der Waals surface area (Å²) in [6, 6.07) is 8.21. The Balaban J connectivity index is 1.97. The lowest BCUT2D eigenvalue weighted by atomic mass is 9.85. The number of carbonyl (C=O) groups is 1.